The van der Waals surface area contributed by atoms with Crippen molar-refractivity contribution in [1.82, 2.24) is 15.0 Å². The molecule has 0 radical (unpaired) electrons. The van der Waals surface area contributed by atoms with Crippen LogP contribution in [-0.4, -0.2) is 28.0 Å². The number of anilines is 1. The van der Waals surface area contributed by atoms with Gasteiger partial charge in [0.1, 0.15) is 23.0 Å². The van der Waals surface area contributed by atoms with Crippen LogP contribution >= 0.6 is 0 Å². The molecule has 0 unspecified atom stereocenters. The number of nitrogens with one attached hydrogen (secondary N) is 3. The Kier molecular flexibility index (Phi) is 5.03. The maximum atomic E-state index is 12.7. The summed E-state index contributed by atoms with van der Waals surface area (Å²) in [5.74, 6) is 0.0216. The average molecular weight is 413 g/mol. The van der Waals surface area contributed by atoms with Gasteiger partial charge in [0.05, 0.1) is 12.5 Å². The molecule has 9 nitrogen and oxygen atoms in total. The molecule has 0 aliphatic heterocycles. The Morgan fingerprint density at radius 2 is 1.77 bits per heavy atom. The van der Waals surface area contributed by atoms with Gasteiger partial charge in [-0.15, -0.1) is 0 Å². The SMILES string of the molecule is COc1ccc(-c2c(C#N)c(NC(=O)c3ccccc3)nc3[nH]c(=O)[nH]c(=O)c23)cc1. The molecule has 1 amide bonds. The third kappa shape index (κ3) is 3.65. The number of fused-ring (bicyclic) bond motifs is 1. The fraction of sp³-hybridized carbons (Fsp3) is 0.0455. The molecule has 152 valence electrons. The van der Waals surface area contributed by atoms with E-state index in [1.165, 1.54) is 7.11 Å². The predicted molar refractivity (Wildman–Crippen MR) is 114 cm³/mol. The number of nitriles is 1. The zero-order valence-corrected chi connectivity index (χ0v) is 16.2. The molecule has 0 saturated heterocycles. The van der Waals surface area contributed by atoms with Crippen molar-refractivity contribution < 1.29 is 9.53 Å². The molecule has 2 aromatic carbocycles. The quantitative estimate of drug-likeness (QED) is 0.469. The van der Waals surface area contributed by atoms with E-state index < -0.39 is 17.2 Å². The van der Waals surface area contributed by atoms with Gasteiger partial charge in [-0.2, -0.15) is 5.26 Å². The molecular weight excluding hydrogens is 398 g/mol. The van der Waals surface area contributed by atoms with Crippen LogP contribution in [0, 0.1) is 11.3 Å². The molecular formula is C22H15N5O4. The van der Waals surface area contributed by atoms with Crippen LogP contribution in [0.25, 0.3) is 22.2 Å². The lowest BCUT2D eigenvalue weighted by Crippen LogP contribution is -2.24. The molecule has 2 heterocycles. The number of carbonyl (C=O) groups excluding carboxylic acids is 1. The van der Waals surface area contributed by atoms with Crippen molar-refractivity contribution in [2.75, 3.05) is 12.4 Å². The van der Waals surface area contributed by atoms with Crippen molar-refractivity contribution in [3.63, 3.8) is 0 Å². The number of H-pyrrole nitrogens is 2. The second-order valence-corrected chi connectivity index (χ2v) is 6.50. The van der Waals surface area contributed by atoms with E-state index in [0.717, 1.165) is 0 Å². The third-order valence-corrected chi connectivity index (χ3v) is 4.64. The Balaban J connectivity index is 1.99. The van der Waals surface area contributed by atoms with Crippen LogP contribution in [0.3, 0.4) is 0 Å². The fourth-order valence-electron chi connectivity index (χ4n) is 3.22. The van der Waals surface area contributed by atoms with Gasteiger partial charge < -0.3 is 10.1 Å². The molecule has 0 atom stereocenters. The molecule has 9 heteroatoms. The van der Waals surface area contributed by atoms with Crippen LogP contribution in [0.1, 0.15) is 15.9 Å². The first-order chi connectivity index (χ1) is 15.0. The van der Waals surface area contributed by atoms with Crippen molar-refractivity contribution in [2.24, 2.45) is 0 Å². The van der Waals surface area contributed by atoms with Crippen molar-refractivity contribution >= 4 is 22.8 Å². The van der Waals surface area contributed by atoms with Crippen molar-refractivity contribution in [1.29, 1.82) is 5.26 Å². The summed E-state index contributed by atoms with van der Waals surface area (Å²) in [6, 6.07) is 17.1. The second kappa shape index (κ2) is 7.96. The highest BCUT2D eigenvalue weighted by atomic mass is 16.5. The third-order valence-electron chi connectivity index (χ3n) is 4.64. The Labute approximate surface area is 175 Å². The minimum absolute atomic E-state index is 0.0144. The lowest BCUT2D eigenvalue weighted by Gasteiger charge is -2.13. The van der Waals surface area contributed by atoms with E-state index in [4.69, 9.17) is 4.74 Å². The van der Waals surface area contributed by atoms with Crippen LogP contribution < -0.4 is 21.3 Å². The molecule has 0 aliphatic carbocycles. The fourth-order valence-corrected chi connectivity index (χ4v) is 3.22. The van der Waals surface area contributed by atoms with Gasteiger partial charge in [-0.1, -0.05) is 30.3 Å². The molecule has 0 bridgehead atoms. The lowest BCUT2D eigenvalue weighted by molar-refractivity contribution is 0.102. The number of benzene rings is 2. The summed E-state index contributed by atoms with van der Waals surface area (Å²) in [5.41, 5.74) is -0.418. The van der Waals surface area contributed by atoms with E-state index in [0.29, 0.717) is 16.9 Å². The van der Waals surface area contributed by atoms with Crippen LogP contribution in [0.5, 0.6) is 5.75 Å². The lowest BCUT2D eigenvalue weighted by atomic mass is 9.97. The Morgan fingerprint density at radius 3 is 2.42 bits per heavy atom. The molecule has 4 rings (SSSR count). The van der Waals surface area contributed by atoms with Gasteiger partial charge in [0, 0.05) is 11.1 Å². The maximum Gasteiger partial charge on any atom is 0.327 e. The number of carbonyl (C=O) groups is 1. The predicted octanol–water partition coefficient (Wildman–Crippen LogP) is 2.41. The number of aromatic nitrogens is 3. The van der Waals surface area contributed by atoms with E-state index in [1.54, 1.807) is 54.6 Å². The van der Waals surface area contributed by atoms with Crippen molar-refractivity contribution in [3.8, 4) is 22.9 Å². The molecule has 0 aliphatic rings. The minimum atomic E-state index is -0.754. The standard InChI is InChI=1S/C22H15N5O4/c1-31-14-9-7-12(8-10-14)16-15(11-23)18(25-20(28)13-5-3-2-4-6-13)24-19-17(16)21(29)27-22(30)26-19/h2-10H,1H3,(H3,24,25,26,27,28,29,30). The summed E-state index contributed by atoms with van der Waals surface area (Å²) in [4.78, 5) is 45.9. The van der Waals surface area contributed by atoms with E-state index in [1.807, 2.05) is 6.07 Å². The van der Waals surface area contributed by atoms with Gasteiger partial charge in [-0.3, -0.25) is 19.6 Å². The number of hydrogen-bond acceptors (Lipinski definition) is 6. The highest BCUT2D eigenvalue weighted by Gasteiger charge is 2.21. The second-order valence-electron chi connectivity index (χ2n) is 6.50. The maximum absolute atomic E-state index is 12.7. The van der Waals surface area contributed by atoms with Crippen LogP contribution in [0.2, 0.25) is 0 Å². The van der Waals surface area contributed by atoms with Gasteiger partial charge in [0.2, 0.25) is 0 Å². The number of rotatable bonds is 4. The minimum Gasteiger partial charge on any atom is -0.497 e. The Hall–Kier alpha value is -4.71. The zero-order valence-electron chi connectivity index (χ0n) is 16.2. The number of hydrogen-bond donors (Lipinski definition) is 3. The first-order valence-electron chi connectivity index (χ1n) is 9.13. The Morgan fingerprint density at radius 1 is 1.06 bits per heavy atom. The largest absolute Gasteiger partial charge is 0.497 e. The van der Waals surface area contributed by atoms with Gasteiger partial charge >= 0.3 is 5.69 Å². The van der Waals surface area contributed by atoms with Crippen molar-refractivity contribution in [3.05, 3.63) is 86.6 Å². The average Bonchev–Trinajstić information content (AvgIpc) is 2.78. The molecule has 3 N–H and O–H groups in total. The van der Waals surface area contributed by atoms with Crippen LogP contribution in [0.4, 0.5) is 5.82 Å². The molecule has 4 aromatic rings. The van der Waals surface area contributed by atoms with Crippen LogP contribution in [-0.2, 0) is 0 Å². The van der Waals surface area contributed by atoms with Gasteiger partial charge in [-0.25, -0.2) is 9.78 Å². The zero-order chi connectivity index (χ0) is 22.0. The number of methoxy groups -OCH3 is 1. The molecule has 0 fully saturated rings. The summed E-state index contributed by atoms with van der Waals surface area (Å²) >= 11 is 0. The summed E-state index contributed by atoms with van der Waals surface area (Å²) in [6.07, 6.45) is 0. The highest BCUT2D eigenvalue weighted by Crippen LogP contribution is 2.33. The monoisotopic (exact) mass is 413 g/mol. The Bertz CT molecular complexity index is 1450. The molecule has 31 heavy (non-hydrogen) atoms. The highest BCUT2D eigenvalue weighted by molar-refractivity contribution is 6.07. The number of ether oxygens (including phenoxy) is 1. The van der Waals surface area contributed by atoms with E-state index in [9.17, 15) is 19.6 Å². The van der Waals surface area contributed by atoms with Crippen molar-refractivity contribution in [2.45, 2.75) is 0 Å². The normalized spacial score (nSPS) is 10.5. The summed E-state index contributed by atoms with van der Waals surface area (Å²) in [6.45, 7) is 0. The first kappa shape index (κ1) is 19.6. The topological polar surface area (TPSA) is 141 Å². The number of pyridine rings is 1. The van der Waals surface area contributed by atoms with E-state index in [2.05, 4.69) is 20.3 Å². The van der Waals surface area contributed by atoms with Gasteiger partial charge in [-0.05, 0) is 29.8 Å². The van der Waals surface area contributed by atoms with E-state index in [-0.39, 0.29) is 28.0 Å². The van der Waals surface area contributed by atoms with Crippen LogP contribution in [0.15, 0.2) is 64.2 Å². The summed E-state index contributed by atoms with van der Waals surface area (Å²) in [7, 11) is 1.52. The number of aromatic amines is 2. The molecule has 0 spiro atoms. The number of amides is 1. The molecule has 2 aromatic heterocycles. The smallest absolute Gasteiger partial charge is 0.327 e. The van der Waals surface area contributed by atoms with E-state index >= 15 is 0 Å². The van der Waals surface area contributed by atoms with Gasteiger partial charge in [0.15, 0.2) is 5.82 Å². The van der Waals surface area contributed by atoms with Gasteiger partial charge in [0.25, 0.3) is 11.5 Å². The summed E-state index contributed by atoms with van der Waals surface area (Å²) in [5, 5.41) is 12.5. The molecule has 0 saturated carbocycles. The summed E-state index contributed by atoms with van der Waals surface area (Å²) < 4.78 is 5.16. The number of nitrogens with zero attached hydrogens (tertiary/aromatic N) is 2. The first-order valence-corrected chi connectivity index (χ1v) is 9.13.